The van der Waals surface area contributed by atoms with Crippen molar-refractivity contribution >= 4 is 11.9 Å². The van der Waals surface area contributed by atoms with Gasteiger partial charge >= 0.3 is 0 Å². The minimum atomic E-state index is -0.0271. The molecule has 1 aromatic heterocycles. The summed E-state index contributed by atoms with van der Waals surface area (Å²) in [5.74, 6) is 1.96. The van der Waals surface area contributed by atoms with Crippen LogP contribution in [-0.4, -0.2) is 63.2 Å². The maximum absolute atomic E-state index is 11.9. The van der Waals surface area contributed by atoms with Crippen molar-refractivity contribution in [1.82, 2.24) is 15.5 Å². The zero-order chi connectivity index (χ0) is 20.6. The van der Waals surface area contributed by atoms with Crippen LogP contribution in [0.15, 0.2) is 27.8 Å². The summed E-state index contributed by atoms with van der Waals surface area (Å²) in [6.45, 7) is 9.07. The monoisotopic (exact) mass is 392 g/mol. The van der Waals surface area contributed by atoms with Crippen molar-refractivity contribution in [3.05, 3.63) is 24.2 Å². The first kappa shape index (κ1) is 22.3. The Morgan fingerprint density at radius 3 is 2.75 bits per heavy atom. The van der Waals surface area contributed by atoms with Crippen LogP contribution in [0.3, 0.4) is 0 Å². The Bertz CT molecular complexity index is 620. The van der Waals surface area contributed by atoms with Crippen molar-refractivity contribution in [3.8, 4) is 0 Å². The van der Waals surface area contributed by atoms with Gasteiger partial charge in [0, 0.05) is 46.1 Å². The van der Waals surface area contributed by atoms with Crippen molar-refractivity contribution in [1.29, 1.82) is 0 Å². The molecule has 1 aromatic rings. The molecule has 7 heteroatoms. The van der Waals surface area contributed by atoms with Crippen LogP contribution in [-0.2, 0) is 16.0 Å². The molecule has 7 nitrogen and oxygen atoms in total. The van der Waals surface area contributed by atoms with Crippen LogP contribution in [0.1, 0.15) is 39.4 Å². The molecular weight excluding hydrogens is 356 g/mol. The van der Waals surface area contributed by atoms with Crippen molar-refractivity contribution < 1.29 is 13.9 Å². The lowest BCUT2D eigenvalue weighted by atomic mass is 9.78. The fourth-order valence-corrected chi connectivity index (χ4v) is 3.46. The van der Waals surface area contributed by atoms with Crippen molar-refractivity contribution in [2.45, 2.75) is 46.1 Å². The van der Waals surface area contributed by atoms with Crippen LogP contribution in [0.2, 0.25) is 0 Å². The lowest BCUT2D eigenvalue weighted by Crippen LogP contribution is -2.48. The normalized spacial score (nSPS) is 20.7. The topological polar surface area (TPSA) is 79.1 Å². The highest BCUT2D eigenvalue weighted by molar-refractivity contribution is 5.84. The molecule has 2 heterocycles. The average molecular weight is 393 g/mol. The van der Waals surface area contributed by atoms with Crippen LogP contribution in [0.4, 0.5) is 0 Å². The van der Waals surface area contributed by atoms with Gasteiger partial charge in [-0.3, -0.25) is 4.79 Å². The van der Waals surface area contributed by atoms with Crippen LogP contribution in [0.5, 0.6) is 0 Å². The lowest BCUT2D eigenvalue weighted by Gasteiger charge is -2.40. The molecule has 0 aromatic carbocycles. The first-order chi connectivity index (χ1) is 13.3. The van der Waals surface area contributed by atoms with E-state index < -0.39 is 0 Å². The number of likely N-dealkylation sites (N-methyl/N-ethyl adjacent to an activating group) is 1. The molecule has 0 radical (unpaired) electrons. The Hall–Kier alpha value is -2.02. The van der Waals surface area contributed by atoms with Crippen LogP contribution in [0.25, 0.3) is 0 Å². The third-order valence-corrected chi connectivity index (χ3v) is 4.95. The molecule has 1 aliphatic rings. The van der Waals surface area contributed by atoms with E-state index in [1.807, 2.05) is 12.1 Å². The number of rotatable bonds is 7. The number of guanidine groups is 1. The van der Waals surface area contributed by atoms with E-state index in [1.165, 1.54) is 0 Å². The Balaban J connectivity index is 1.94. The van der Waals surface area contributed by atoms with E-state index in [2.05, 4.69) is 36.4 Å². The van der Waals surface area contributed by atoms with Gasteiger partial charge in [-0.15, -0.1) is 0 Å². The summed E-state index contributed by atoms with van der Waals surface area (Å²) in [7, 11) is 3.48. The van der Waals surface area contributed by atoms with Gasteiger partial charge in [0.15, 0.2) is 5.96 Å². The molecule has 158 valence electrons. The Morgan fingerprint density at radius 2 is 2.11 bits per heavy atom. The van der Waals surface area contributed by atoms with E-state index in [1.54, 1.807) is 25.3 Å². The highest BCUT2D eigenvalue weighted by Crippen LogP contribution is 2.33. The molecule has 2 atom stereocenters. The number of carbonyl (C=O) groups is 1. The zero-order valence-corrected chi connectivity index (χ0v) is 18.0. The molecule has 0 spiro atoms. The number of nitrogens with zero attached hydrogens (tertiary/aromatic N) is 2. The summed E-state index contributed by atoms with van der Waals surface area (Å²) in [6.07, 6.45) is 4.85. The van der Waals surface area contributed by atoms with Gasteiger partial charge in [0.25, 0.3) is 0 Å². The highest BCUT2D eigenvalue weighted by Gasteiger charge is 2.35. The molecule has 1 aliphatic heterocycles. The molecule has 2 unspecified atom stereocenters. The molecule has 1 fully saturated rings. The lowest BCUT2D eigenvalue weighted by molar-refractivity contribution is -0.127. The van der Waals surface area contributed by atoms with E-state index in [0.717, 1.165) is 38.2 Å². The van der Waals surface area contributed by atoms with Gasteiger partial charge in [-0.2, -0.15) is 0 Å². The van der Waals surface area contributed by atoms with Crippen LogP contribution >= 0.6 is 0 Å². The molecule has 1 amide bonds. The largest absolute Gasteiger partial charge is 0.469 e. The van der Waals surface area contributed by atoms with Gasteiger partial charge in [0.2, 0.25) is 5.91 Å². The summed E-state index contributed by atoms with van der Waals surface area (Å²) in [6, 6.07) is 3.84. The van der Waals surface area contributed by atoms with E-state index in [0.29, 0.717) is 18.4 Å². The zero-order valence-electron chi connectivity index (χ0n) is 18.0. The van der Waals surface area contributed by atoms with E-state index in [-0.39, 0.29) is 24.0 Å². The number of aliphatic imine (C=N–C) groups is 1. The molecule has 2 rings (SSSR count). The van der Waals surface area contributed by atoms with Gasteiger partial charge in [-0.25, -0.2) is 4.99 Å². The fourth-order valence-electron chi connectivity index (χ4n) is 3.46. The van der Waals surface area contributed by atoms with Crippen molar-refractivity contribution in [2.75, 3.05) is 40.3 Å². The fraction of sp³-hybridized carbons (Fsp3) is 0.714. The number of hydrogen-bond donors (Lipinski definition) is 2. The summed E-state index contributed by atoms with van der Waals surface area (Å²) < 4.78 is 11.4. The smallest absolute Gasteiger partial charge is 0.243 e. The summed E-state index contributed by atoms with van der Waals surface area (Å²) >= 11 is 0. The van der Waals surface area contributed by atoms with Crippen LogP contribution in [0, 0.1) is 11.3 Å². The SMILES string of the molecule is CN(C)C(=O)CN=C(NCCc1ccco1)NCC1CCCOC1C(C)(C)C. The second kappa shape index (κ2) is 10.5. The Labute approximate surface area is 168 Å². The number of ether oxygens (including phenoxy) is 1. The molecule has 0 bridgehead atoms. The molecular formula is C21H36N4O3. The molecule has 1 saturated heterocycles. The first-order valence-corrected chi connectivity index (χ1v) is 10.1. The molecule has 2 N–H and O–H groups in total. The molecule has 0 saturated carbocycles. The van der Waals surface area contributed by atoms with Crippen LogP contribution < -0.4 is 10.6 Å². The number of nitrogens with one attached hydrogen (secondary N) is 2. The average Bonchev–Trinajstić information content (AvgIpc) is 3.16. The summed E-state index contributed by atoms with van der Waals surface area (Å²) in [5, 5.41) is 6.74. The predicted octanol–water partition coefficient (Wildman–Crippen LogP) is 2.29. The number of carbonyl (C=O) groups excluding carboxylic acids is 1. The van der Waals surface area contributed by atoms with Gasteiger partial charge in [-0.05, 0) is 30.4 Å². The standard InChI is InChI=1S/C21H36N4O3/c1-21(2,3)19-16(8-6-13-28-19)14-23-20(24-15-18(26)25(4)5)22-11-10-17-9-7-12-27-17/h7,9,12,16,19H,6,8,10-11,13-15H2,1-5H3,(H2,22,23,24). The minimum Gasteiger partial charge on any atom is -0.469 e. The van der Waals surface area contributed by atoms with E-state index >= 15 is 0 Å². The van der Waals surface area contributed by atoms with Gasteiger partial charge in [0.1, 0.15) is 12.3 Å². The maximum Gasteiger partial charge on any atom is 0.243 e. The number of amides is 1. The third-order valence-electron chi connectivity index (χ3n) is 4.95. The molecule has 0 aliphatic carbocycles. The first-order valence-electron chi connectivity index (χ1n) is 10.1. The van der Waals surface area contributed by atoms with E-state index in [9.17, 15) is 4.79 Å². The van der Waals surface area contributed by atoms with Gasteiger partial charge in [-0.1, -0.05) is 20.8 Å². The quantitative estimate of drug-likeness (QED) is 0.550. The van der Waals surface area contributed by atoms with Gasteiger partial charge in [0.05, 0.1) is 12.4 Å². The highest BCUT2D eigenvalue weighted by atomic mass is 16.5. The second-order valence-electron chi connectivity index (χ2n) is 8.65. The minimum absolute atomic E-state index is 0.0271. The van der Waals surface area contributed by atoms with Gasteiger partial charge < -0.3 is 24.7 Å². The Kier molecular flexibility index (Phi) is 8.35. The Morgan fingerprint density at radius 1 is 1.32 bits per heavy atom. The summed E-state index contributed by atoms with van der Waals surface area (Å²) in [4.78, 5) is 17.9. The maximum atomic E-state index is 11.9. The van der Waals surface area contributed by atoms with Crippen molar-refractivity contribution in [2.24, 2.45) is 16.3 Å². The third kappa shape index (κ3) is 7.19. The predicted molar refractivity (Wildman–Crippen MR) is 111 cm³/mol. The van der Waals surface area contributed by atoms with Crippen molar-refractivity contribution in [3.63, 3.8) is 0 Å². The molecule has 28 heavy (non-hydrogen) atoms. The van der Waals surface area contributed by atoms with E-state index in [4.69, 9.17) is 9.15 Å². The summed E-state index contributed by atoms with van der Waals surface area (Å²) in [5.41, 5.74) is 0.0949. The second-order valence-corrected chi connectivity index (χ2v) is 8.65. The number of furan rings is 1. The number of hydrogen-bond acceptors (Lipinski definition) is 4.